The SMILES string of the molecule is CC(C)CN[C@H]1CCCC1Oc1ccc2c(c1)CN(C1CCC(=O)NC1=O)C2=O. The van der Waals surface area contributed by atoms with Crippen LogP contribution in [0.25, 0.3) is 0 Å². The van der Waals surface area contributed by atoms with Gasteiger partial charge in [0.15, 0.2) is 0 Å². The second-order valence-corrected chi connectivity index (χ2v) is 8.71. The summed E-state index contributed by atoms with van der Waals surface area (Å²) in [4.78, 5) is 37.9. The fourth-order valence-electron chi connectivity index (χ4n) is 4.49. The van der Waals surface area contributed by atoms with E-state index in [1.165, 1.54) is 0 Å². The zero-order chi connectivity index (χ0) is 20.5. The monoisotopic (exact) mass is 399 g/mol. The molecule has 1 aromatic rings. The highest BCUT2D eigenvalue weighted by molar-refractivity contribution is 6.05. The standard InChI is InChI=1S/C22H29N3O4/c1-13(2)11-23-17-4-3-5-19(17)29-15-6-7-16-14(10-15)12-25(22(16)28)18-8-9-20(26)24-21(18)27/h6-7,10,13,17-19,23H,3-5,8-9,11-12H2,1-2H3,(H,24,26,27)/t17-,18?,19?/m0/s1. The van der Waals surface area contributed by atoms with E-state index in [2.05, 4.69) is 24.5 Å². The number of hydrogen-bond donors (Lipinski definition) is 2. The van der Waals surface area contributed by atoms with Crippen molar-refractivity contribution in [3.05, 3.63) is 29.3 Å². The van der Waals surface area contributed by atoms with Crippen LogP contribution in [0.2, 0.25) is 0 Å². The Morgan fingerprint density at radius 3 is 2.79 bits per heavy atom. The first kappa shape index (κ1) is 19.9. The number of carbonyl (C=O) groups is 3. The molecule has 2 heterocycles. The van der Waals surface area contributed by atoms with Gasteiger partial charge in [0.25, 0.3) is 5.91 Å². The van der Waals surface area contributed by atoms with E-state index >= 15 is 0 Å². The number of imide groups is 1. The van der Waals surface area contributed by atoms with Crippen molar-refractivity contribution in [2.24, 2.45) is 5.92 Å². The largest absolute Gasteiger partial charge is 0.489 e. The Labute approximate surface area is 171 Å². The van der Waals surface area contributed by atoms with Gasteiger partial charge in [-0.15, -0.1) is 0 Å². The topological polar surface area (TPSA) is 87.7 Å². The predicted octanol–water partition coefficient (Wildman–Crippen LogP) is 1.99. The van der Waals surface area contributed by atoms with E-state index in [1.54, 1.807) is 11.0 Å². The van der Waals surface area contributed by atoms with Gasteiger partial charge in [-0.3, -0.25) is 19.7 Å². The van der Waals surface area contributed by atoms with Crippen LogP contribution >= 0.6 is 0 Å². The Balaban J connectivity index is 1.43. The third-order valence-electron chi connectivity index (χ3n) is 6.02. The highest BCUT2D eigenvalue weighted by atomic mass is 16.5. The van der Waals surface area contributed by atoms with Crippen LogP contribution in [0.1, 0.15) is 61.9 Å². The maximum absolute atomic E-state index is 12.8. The molecule has 2 N–H and O–H groups in total. The first-order chi connectivity index (χ1) is 13.9. The summed E-state index contributed by atoms with van der Waals surface area (Å²) < 4.78 is 6.28. The normalized spacial score (nSPS) is 26.8. The number of nitrogens with zero attached hydrogens (tertiary/aromatic N) is 1. The van der Waals surface area contributed by atoms with Gasteiger partial charge >= 0.3 is 0 Å². The van der Waals surface area contributed by atoms with E-state index in [-0.39, 0.29) is 30.2 Å². The Morgan fingerprint density at radius 1 is 1.21 bits per heavy atom. The minimum absolute atomic E-state index is 0.134. The van der Waals surface area contributed by atoms with Gasteiger partial charge in [-0.25, -0.2) is 0 Å². The number of piperidine rings is 1. The maximum Gasteiger partial charge on any atom is 0.255 e. The van der Waals surface area contributed by atoms with Crippen molar-refractivity contribution in [2.75, 3.05) is 6.54 Å². The Kier molecular flexibility index (Phi) is 5.58. The smallest absolute Gasteiger partial charge is 0.255 e. The molecule has 1 saturated carbocycles. The Bertz CT molecular complexity index is 822. The average Bonchev–Trinajstić information content (AvgIpc) is 3.24. The van der Waals surface area contributed by atoms with Gasteiger partial charge in [0.2, 0.25) is 11.8 Å². The molecule has 3 atom stereocenters. The zero-order valence-electron chi connectivity index (χ0n) is 17.1. The van der Waals surface area contributed by atoms with E-state index in [4.69, 9.17) is 4.74 Å². The summed E-state index contributed by atoms with van der Waals surface area (Å²) >= 11 is 0. The molecular weight excluding hydrogens is 370 g/mol. The molecule has 1 saturated heterocycles. The van der Waals surface area contributed by atoms with Crippen LogP contribution in [0, 0.1) is 5.92 Å². The van der Waals surface area contributed by atoms with Gasteiger partial charge in [-0.2, -0.15) is 0 Å². The van der Waals surface area contributed by atoms with Crippen molar-refractivity contribution < 1.29 is 19.1 Å². The van der Waals surface area contributed by atoms with Crippen LogP contribution in [-0.2, 0) is 16.1 Å². The summed E-state index contributed by atoms with van der Waals surface area (Å²) in [5.41, 5.74) is 1.49. The molecule has 1 aromatic carbocycles. The molecule has 2 fully saturated rings. The molecule has 3 aliphatic rings. The second kappa shape index (κ2) is 8.14. The summed E-state index contributed by atoms with van der Waals surface area (Å²) in [7, 11) is 0. The summed E-state index contributed by atoms with van der Waals surface area (Å²) in [6.07, 6.45) is 4.05. The van der Waals surface area contributed by atoms with Crippen molar-refractivity contribution in [1.82, 2.24) is 15.5 Å². The summed E-state index contributed by atoms with van der Waals surface area (Å²) in [5.74, 6) is 0.552. The number of hydrogen-bond acceptors (Lipinski definition) is 5. The fraction of sp³-hybridized carbons (Fsp3) is 0.591. The Hall–Kier alpha value is -2.41. The third kappa shape index (κ3) is 4.15. The number of amides is 3. The summed E-state index contributed by atoms with van der Waals surface area (Å²) in [6.45, 7) is 5.74. The van der Waals surface area contributed by atoms with E-state index in [0.717, 1.165) is 37.1 Å². The molecule has 4 rings (SSSR count). The lowest BCUT2D eigenvalue weighted by Gasteiger charge is -2.29. The van der Waals surface area contributed by atoms with Crippen molar-refractivity contribution in [3.63, 3.8) is 0 Å². The van der Waals surface area contributed by atoms with Crippen molar-refractivity contribution in [2.45, 2.75) is 70.7 Å². The minimum Gasteiger partial charge on any atom is -0.489 e. The molecule has 2 unspecified atom stereocenters. The first-order valence-corrected chi connectivity index (χ1v) is 10.6. The lowest BCUT2D eigenvalue weighted by molar-refractivity contribution is -0.136. The molecule has 1 aliphatic carbocycles. The molecule has 0 aromatic heterocycles. The van der Waals surface area contributed by atoms with Crippen molar-refractivity contribution in [3.8, 4) is 5.75 Å². The predicted molar refractivity (Wildman–Crippen MR) is 107 cm³/mol. The molecule has 0 spiro atoms. The average molecular weight is 399 g/mol. The van der Waals surface area contributed by atoms with Gasteiger partial charge in [0.05, 0.1) is 0 Å². The van der Waals surface area contributed by atoms with Crippen LogP contribution in [0.4, 0.5) is 0 Å². The van der Waals surface area contributed by atoms with Crippen LogP contribution < -0.4 is 15.4 Å². The van der Waals surface area contributed by atoms with E-state index in [0.29, 0.717) is 30.5 Å². The molecule has 2 aliphatic heterocycles. The van der Waals surface area contributed by atoms with Gasteiger partial charge in [0.1, 0.15) is 17.9 Å². The first-order valence-electron chi connectivity index (χ1n) is 10.6. The zero-order valence-corrected chi connectivity index (χ0v) is 17.1. The number of nitrogens with one attached hydrogen (secondary N) is 2. The maximum atomic E-state index is 12.8. The molecule has 29 heavy (non-hydrogen) atoms. The highest BCUT2D eigenvalue weighted by Gasteiger charge is 2.39. The van der Waals surface area contributed by atoms with Gasteiger partial charge in [-0.1, -0.05) is 13.8 Å². The van der Waals surface area contributed by atoms with Crippen LogP contribution in [0.3, 0.4) is 0 Å². The number of carbonyl (C=O) groups excluding carboxylic acids is 3. The van der Waals surface area contributed by atoms with Crippen LogP contribution in [-0.4, -0.2) is 47.4 Å². The number of ether oxygens (including phenoxy) is 1. The highest BCUT2D eigenvalue weighted by Crippen LogP contribution is 2.32. The number of benzene rings is 1. The van der Waals surface area contributed by atoms with Gasteiger partial charge < -0.3 is 15.0 Å². The van der Waals surface area contributed by atoms with Crippen molar-refractivity contribution >= 4 is 17.7 Å². The molecular formula is C22H29N3O4. The van der Waals surface area contributed by atoms with E-state index in [9.17, 15) is 14.4 Å². The molecule has 0 radical (unpaired) electrons. The summed E-state index contributed by atoms with van der Waals surface area (Å²) in [6, 6.07) is 5.34. The molecule has 7 heteroatoms. The lowest BCUT2D eigenvalue weighted by Crippen LogP contribution is -2.52. The quantitative estimate of drug-likeness (QED) is 0.715. The second-order valence-electron chi connectivity index (χ2n) is 8.71. The molecule has 156 valence electrons. The minimum atomic E-state index is -0.587. The molecule has 0 bridgehead atoms. The number of fused-ring (bicyclic) bond motifs is 1. The molecule has 7 nitrogen and oxygen atoms in total. The summed E-state index contributed by atoms with van der Waals surface area (Å²) in [5, 5.41) is 5.94. The van der Waals surface area contributed by atoms with Gasteiger partial charge in [0, 0.05) is 24.6 Å². The van der Waals surface area contributed by atoms with Crippen LogP contribution in [0.5, 0.6) is 5.75 Å². The Morgan fingerprint density at radius 2 is 2.03 bits per heavy atom. The fourth-order valence-corrected chi connectivity index (χ4v) is 4.49. The van der Waals surface area contributed by atoms with Crippen LogP contribution in [0.15, 0.2) is 18.2 Å². The van der Waals surface area contributed by atoms with E-state index < -0.39 is 6.04 Å². The lowest BCUT2D eigenvalue weighted by atomic mass is 10.0. The van der Waals surface area contributed by atoms with E-state index in [1.807, 2.05) is 12.1 Å². The number of rotatable bonds is 6. The van der Waals surface area contributed by atoms with Crippen molar-refractivity contribution in [1.29, 1.82) is 0 Å². The van der Waals surface area contributed by atoms with Gasteiger partial charge in [-0.05, 0) is 61.9 Å². The molecule has 3 amide bonds. The third-order valence-corrected chi connectivity index (χ3v) is 6.02.